The number of hydrogen-bond acceptors (Lipinski definition) is 3. The molecule has 148 valence electrons. The summed E-state index contributed by atoms with van der Waals surface area (Å²) in [6.45, 7) is 3.51. The minimum absolute atomic E-state index is 0.0577. The summed E-state index contributed by atoms with van der Waals surface area (Å²) in [5.74, 6) is 0.962. The van der Waals surface area contributed by atoms with Crippen molar-refractivity contribution < 1.29 is 4.79 Å². The van der Waals surface area contributed by atoms with Crippen LogP contribution in [0.1, 0.15) is 61.6 Å². The van der Waals surface area contributed by atoms with Gasteiger partial charge in [0.1, 0.15) is 5.82 Å². The molecule has 0 saturated heterocycles. The number of carbonyl (C=O) groups is 1. The van der Waals surface area contributed by atoms with Crippen LogP contribution in [-0.4, -0.2) is 31.9 Å². The molecule has 1 amide bonds. The lowest BCUT2D eigenvalue weighted by molar-refractivity contribution is 0.0734. The normalized spacial score (nSPS) is 11.1. The van der Waals surface area contributed by atoms with E-state index >= 15 is 0 Å². The van der Waals surface area contributed by atoms with Crippen LogP contribution >= 0.6 is 0 Å². The molecule has 0 radical (unpaired) electrons. The van der Waals surface area contributed by atoms with Crippen LogP contribution in [0, 0.1) is 0 Å². The lowest BCUT2D eigenvalue weighted by Gasteiger charge is -2.23. The predicted molar refractivity (Wildman–Crippen MR) is 113 cm³/mol. The molecule has 0 unspecified atom stereocenters. The van der Waals surface area contributed by atoms with Crippen LogP contribution in [0.3, 0.4) is 0 Å². The molecule has 0 aliphatic carbocycles. The lowest BCUT2D eigenvalue weighted by Crippen LogP contribution is -2.32. The fraction of sp³-hybridized carbons (Fsp3) is 0.435. The average Bonchev–Trinajstić information content (AvgIpc) is 3.13. The van der Waals surface area contributed by atoms with Crippen molar-refractivity contribution in [2.45, 2.75) is 52.0 Å². The largest absolute Gasteiger partial charge is 0.337 e. The zero-order valence-electron chi connectivity index (χ0n) is 17.0. The number of fused-ring (bicyclic) bond motifs is 1. The number of pyridine rings is 1. The van der Waals surface area contributed by atoms with E-state index in [1.807, 2.05) is 53.0 Å². The fourth-order valence-corrected chi connectivity index (χ4v) is 3.45. The molecule has 0 N–H and O–H groups in total. The summed E-state index contributed by atoms with van der Waals surface area (Å²) in [5.41, 5.74) is 1.62. The molecule has 5 nitrogen and oxygen atoms in total. The Labute approximate surface area is 167 Å². The number of hydrogen-bond donors (Lipinski definition) is 0. The lowest BCUT2D eigenvalue weighted by atomic mass is 10.1. The molecule has 0 atom stereocenters. The van der Waals surface area contributed by atoms with Crippen molar-refractivity contribution in [1.29, 1.82) is 0 Å². The molecule has 3 aromatic rings. The summed E-state index contributed by atoms with van der Waals surface area (Å²) < 4.78 is 1.98. The topological polar surface area (TPSA) is 51.0 Å². The summed E-state index contributed by atoms with van der Waals surface area (Å²) in [6, 6.07) is 9.64. The SMILES string of the molecule is CCCCCCCCN(Cc1nccn1C)C(=O)c1ccc2ncccc2c1. The Hall–Kier alpha value is -2.69. The minimum Gasteiger partial charge on any atom is -0.337 e. The first-order valence-electron chi connectivity index (χ1n) is 10.3. The molecule has 2 aromatic heterocycles. The molecule has 0 bridgehead atoms. The molecule has 1 aromatic carbocycles. The van der Waals surface area contributed by atoms with Crippen LogP contribution in [-0.2, 0) is 13.6 Å². The van der Waals surface area contributed by atoms with Crippen LogP contribution in [0.5, 0.6) is 0 Å². The Morgan fingerprint density at radius 1 is 1.04 bits per heavy atom. The highest BCUT2D eigenvalue weighted by atomic mass is 16.2. The number of unbranched alkanes of at least 4 members (excludes halogenated alkanes) is 5. The zero-order chi connectivity index (χ0) is 19.8. The van der Waals surface area contributed by atoms with Crippen molar-refractivity contribution >= 4 is 16.8 Å². The Morgan fingerprint density at radius 2 is 1.86 bits per heavy atom. The Balaban J connectivity index is 1.72. The molecule has 3 rings (SSSR count). The summed E-state index contributed by atoms with van der Waals surface area (Å²) >= 11 is 0. The Kier molecular flexibility index (Phi) is 7.18. The average molecular weight is 379 g/mol. The molecular weight excluding hydrogens is 348 g/mol. The Bertz CT molecular complexity index is 902. The van der Waals surface area contributed by atoms with Crippen LogP contribution in [0.2, 0.25) is 0 Å². The van der Waals surface area contributed by atoms with Crippen molar-refractivity contribution in [1.82, 2.24) is 19.4 Å². The van der Waals surface area contributed by atoms with Gasteiger partial charge in [-0.3, -0.25) is 9.78 Å². The van der Waals surface area contributed by atoms with Gasteiger partial charge in [-0.15, -0.1) is 0 Å². The second kappa shape index (κ2) is 10.0. The second-order valence-electron chi connectivity index (χ2n) is 7.36. The number of nitrogens with zero attached hydrogens (tertiary/aromatic N) is 4. The third kappa shape index (κ3) is 5.18. The highest BCUT2D eigenvalue weighted by Gasteiger charge is 2.18. The fourth-order valence-electron chi connectivity index (χ4n) is 3.45. The molecule has 28 heavy (non-hydrogen) atoms. The van der Waals surface area contributed by atoms with Crippen molar-refractivity contribution in [3.8, 4) is 0 Å². The van der Waals surface area contributed by atoms with Gasteiger partial charge in [-0.2, -0.15) is 0 Å². The monoisotopic (exact) mass is 378 g/mol. The van der Waals surface area contributed by atoms with Gasteiger partial charge in [-0.05, 0) is 30.7 Å². The van der Waals surface area contributed by atoms with E-state index in [4.69, 9.17) is 0 Å². The van der Waals surface area contributed by atoms with E-state index < -0.39 is 0 Å². The molecule has 0 fully saturated rings. The van der Waals surface area contributed by atoms with Gasteiger partial charge in [0.05, 0.1) is 12.1 Å². The van der Waals surface area contributed by atoms with Crippen molar-refractivity contribution in [3.05, 3.63) is 60.3 Å². The molecule has 5 heteroatoms. The quantitative estimate of drug-likeness (QED) is 0.468. The van der Waals surface area contributed by atoms with E-state index in [0.29, 0.717) is 12.1 Å². The summed E-state index contributed by atoms with van der Waals surface area (Å²) in [5, 5.41) is 0.991. The maximum Gasteiger partial charge on any atom is 0.254 e. The molecule has 0 spiro atoms. The maximum absolute atomic E-state index is 13.3. The van der Waals surface area contributed by atoms with E-state index in [1.165, 1.54) is 25.7 Å². The zero-order valence-corrected chi connectivity index (χ0v) is 17.0. The van der Waals surface area contributed by atoms with Crippen molar-refractivity contribution in [3.63, 3.8) is 0 Å². The first-order valence-corrected chi connectivity index (χ1v) is 10.3. The summed E-state index contributed by atoms with van der Waals surface area (Å²) in [4.78, 5) is 23.9. The van der Waals surface area contributed by atoms with E-state index in [9.17, 15) is 4.79 Å². The van der Waals surface area contributed by atoms with Crippen molar-refractivity contribution in [2.24, 2.45) is 7.05 Å². The molecule has 0 saturated carbocycles. The van der Waals surface area contributed by atoms with Gasteiger partial charge in [0.25, 0.3) is 5.91 Å². The predicted octanol–water partition coefficient (Wildman–Crippen LogP) is 4.97. The van der Waals surface area contributed by atoms with Gasteiger partial charge in [0.2, 0.25) is 0 Å². The highest BCUT2D eigenvalue weighted by Crippen LogP contribution is 2.17. The third-order valence-corrected chi connectivity index (χ3v) is 5.17. The minimum atomic E-state index is 0.0577. The maximum atomic E-state index is 13.3. The van der Waals surface area contributed by atoms with E-state index in [0.717, 1.165) is 36.1 Å². The van der Waals surface area contributed by atoms with Gasteiger partial charge in [-0.1, -0.05) is 45.1 Å². The van der Waals surface area contributed by atoms with Gasteiger partial charge in [-0.25, -0.2) is 4.98 Å². The van der Waals surface area contributed by atoms with Gasteiger partial charge < -0.3 is 9.47 Å². The van der Waals surface area contributed by atoms with Crippen LogP contribution in [0.15, 0.2) is 48.9 Å². The standard InChI is InChI=1S/C23H30N4O/c1-3-4-5-6-7-8-15-27(18-22-25-14-16-26(22)2)23(28)20-11-12-21-19(17-20)10-9-13-24-21/h9-14,16-17H,3-8,15,18H2,1-2H3. The molecular formula is C23H30N4O. The highest BCUT2D eigenvalue weighted by molar-refractivity contribution is 5.97. The first-order chi connectivity index (χ1) is 13.7. The molecule has 0 aliphatic heterocycles. The smallest absolute Gasteiger partial charge is 0.254 e. The summed E-state index contributed by atoms with van der Waals surface area (Å²) in [7, 11) is 1.97. The van der Waals surface area contributed by atoms with Crippen molar-refractivity contribution in [2.75, 3.05) is 6.54 Å². The Morgan fingerprint density at radius 3 is 2.64 bits per heavy atom. The van der Waals surface area contributed by atoms with Crippen LogP contribution in [0.4, 0.5) is 0 Å². The first kappa shape index (κ1) is 20.1. The summed E-state index contributed by atoms with van der Waals surface area (Å²) in [6.07, 6.45) is 12.7. The van der Waals surface area contributed by atoms with Gasteiger partial charge in [0.15, 0.2) is 0 Å². The van der Waals surface area contributed by atoms with E-state index in [1.54, 1.807) is 12.4 Å². The second-order valence-corrected chi connectivity index (χ2v) is 7.36. The number of rotatable bonds is 10. The van der Waals surface area contributed by atoms with Crippen LogP contribution in [0.25, 0.3) is 10.9 Å². The number of imidazole rings is 1. The number of benzene rings is 1. The molecule has 2 heterocycles. The van der Waals surface area contributed by atoms with Crippen LogP contribution < -0.4 is 0 Å². The molecule has 0 aliphatic rings. The van der Waals surface area contributed by atoms with E-state index in [2.05, 4.69) is 16.9 Å². The number of aryl methyl sites for hydroxylation is 1. The van der Waals surface area contributed by atoms with Gasteiger partial charge >= 0.3 is 0 Å². The number of carbonyl (C=O) groups excluding carboxylic acids is 1. The van der Waals surface area contributed by atoms with Gasteiger partial charge in [0, 0.05) is 43.1 Å². The number of amides is 1. The third-order valence-electron chi connectivity index (χ3n) is 5.17. The van der Waals surface area contributed by atoms with E-state index in [-0.39, 0.29) is 5.91 Å². The number of aromatic nitrogens is 3.